The minimum atomic E-state index is 0.893. The second-order valence-corrected chi connectivity index (χ2v) is 16.6. The summed E-state index contributed by atoms with van der Waals surface area (Å²) in [7, 11) is 0. The first-order valence-corrected chi connectivity index (χ1v) is 21.6. The summed E-state index contributed by atoms with van der Waals surface area (Å²) < 4.78 is 9.52. The standard InChI is InChI=1S/C58H37NOS/c1-4-15-38(16-5-1)39-27-32-44(33-28-39)59(52-25-14-24-50-47-22-12-13-26-53(47)61-58(50)52)45-34-29-40(30-35-45)43-31-36-48-51(37-43)46-21-10-11-23-49(46)57-55(48)54(41-17-6-2-7-18-41)56(60-57)42-19-8-3-9-20-42/h1-37H. The van der Waals surface area contributed by atoms with Gasteiger partial charge in [0.25, 0.3) is 0 Å². The van der Waals surface area contributed by atoms with E-state index in [1.807, 2.05) is 11.3 Å². The van der Waals surface area contributed by atoms with E-state index in [4.69, 9.17) is 4.42 Å². The Kier molecular flexibility index (Phi) is 8.39. The van der Waals surface area contributed by atoms with E-state index in [1.54, 1.807) is 0 Å². The van der Waals surface area contributed by atoms with E-state index in [0.717, 1.165) is 55.7 Å². The van der Waals surface area contributed by atoms with Crippen LogP contribution in [0.1, 0.15) is 0 Å². The van der Waals surface area contributed by atoms with E-state index >= 15 is 0 Å². The smallest absolute Gasteiger partial charge is 0.143 e. The van der Waals surface area contributed by atoms with Gasteiger partial charge in [-0.3, -0.25) is 0 Å². The summed E-state index contributed by atoms with van der Waals surface area (Å²) in [5, 5.41) is 8.40. The van der Waals surface area contributed by atoms with Crippen molar-refractivity contribution in [1.29, 1.82) is 0 Å². The quantitative estimate of drug-likeness (QED) is 0.149. The summed E-state index contributed by atoms with van der Waals surface area (Å²) in [4.78, 5) is 2.41. The number of anilines is 3. The molecule has 2 heterocycles. The van der Waals surface area contributed by atoms with E-state index in [1.165, 1.54) is 58.7 Å². The number of fused-ring (bicyclic) bond motifs is 9. The Morgan fingerprint density at radius 2 is 0.869 bits per heavy atom. The van der Waals surface area contributed by atoms with Crippen LogP contribution in [0.25, 0.3) is 97.4 Å². The molecule has 0 aliphatic heterocycles. The highest BCUT2D eigenvalue weighted by atomic mass is 32.1. The van der Waals surface area contributed by atoms with Gasteiger partial charge in [-0.25, -0.2) is 0 Å². The van der Waals surface area contributed by atoms with Gasteiger partial charge in [0.05, 0.1) is 10.4 Å². The van der Waals surface area contributed by atoms with Crippen molar-refractivity contribution in [1.82, 2.24) is 0 Å². The minimum Gasteiger partial charge on any atom is -0.455 e. The van der Waals surface area contributed by atoms with Crippen molar-refractivity contribution in [3.63, 3.8) is 0 Å². The zero-order valence-electron chi connectivity index (χ0n) is 33.1. The molecule has 2 aromatic heterocycles. The van der Waals surface area contributed by atoms with Gasteiger partial charge in [-0.2, -0.15) is 0 Å². The number of rotatable bonds is 7. The van der Waals surface area contributed by atoms with E-state index in [0.29, 0.717) is 0 Å². The van der Waals surface area contributed by atoms with Crippen LogP contribution in [0.4, 0.5) is 17.1 Å². The van der Waals surface area contributed by atoms with Crippen LogP contribution in [-0.2, 0) is 0 Å². The van der Waals surface area contributed by atoms with Crippen LogP contribution < -0.4 is 4.90 Å². The first-order valence-electron chi connectivity index (χ1n) is 20.7. The SMILES string of the molecule is c1ccc(-c2ccc(N(c3ccc(-c4ccc5c(c4)c4ccccc4c4oc(-c6ccccc6)c(-c6ccccc6)c54)cc3)c3cccc4c3sc3ccccc34)cc2)cc1. The largest absolute Gasteiger partial charge is 0.455 e. The summed E-state index contributed by atoms with van der Waals surface area (Å²) in [5.74, 6) is 0.893. The molecule has 0 N–H and O–H groups in total. The van der Waals surface area contributed by atoms with Gasteiger partial charge in [0.2, 0.25) is 0 Å². The first-order chi connectivity index (χ1) is 30.3. The normalized spacial score (nSPS) is 11.6. The average Bonchev–Trinajstić information content (AvgIpc) is 3.94. The Morgan fingerprint density at radius 1 is 0.344 bits per heavy atom. The molecule has 0 aliphatic carbocycles. The summed E-state index contributed by atoms with van der Waals surface area (Å²) in [5.41, 5.74) is 12.4. The Morgan fingerprint density at radius 3 is 1.56 bits per heavy atom. The molecule has 0 saturated carbocycles. The zero-order chi connectivity index (χ0) is 40.3. The van der Waals surface area contributed by atoms with Crippen molar-refractivity contribution in [3.8, 4) is 44.7 Å². The van der Waals surface area contributed by atoms with Gasteiger partial charge in [0, 0.05) is 48.7 Å². The van der Waals surface area contributed by atoms with Crippen molar-refractivity contribution < 1.29 is 4.42 Å². The lowest BCUT2D eigenvalue weighted by Crippen LogP contribution is -2.10. The Labute approximate surface area is 357 Å². The number of nitrogens with zero attached hydrogens (tertiary/aromatic N) is 1. The van der Waals surface area contributed by atoms with Crippen LogP contribution in [-0.4, -0.2) is 0 Å². The molecule has 0 saturated heterocycles. The number of hydrogen-bond acceptors (Lipinski definition) is 3. The van der Waals surface area contributed by atoms with Crippen LogP contribution >= 0.6 is 11.3 Å². The topological polar surface area (TPSA) is 16.4 Å². The Balaban J connectivity index is 1.01. The summed E-state index contributed by atoms with van der Waals surface area (Å²) >= 11 is 1.86. The Bertz CT molecular complexity index is 3550. The van der Waals surface area contributed by atoms with Gasteiger partial charge in [-0.05, 0) is 86.4 Å². The number of furan rings is 1. The molecule has 10 aromatic carbocycles. The predicted octanol–water partition coefficient (Wildman–Crippen LogP) is 17.2. The maximum atomic E-state index is 6.95. The molecule has 0 bridgehead atoms. The van der Waals surface area contributed by atoms with Gasteiger partial charge < -0.3 is 9.32 Å². The molecule has 0 radical (unpaired) electrons. The van der Waals surface area contributed by atoms with Gasteiger partial charge in [-0.15, -0.1) is 11.3 Å². The van der Waals surface area contributed by atoms with E-state index < -0.39 is 0 Å². The number of hydrogen-bond donors (Lipinski definition) is 0. The van der Waals surface area contributed by atoms with Crippen molar-refractivity contribution in [2.45, 2.75) is 0 Å². The molecular formula is C58H37NOS. The molecule has 0 aliphatic rings. The highest BCUT2D eigenvalue weighted by Crippen LogP contribution is 2.49. The third-order valence-corrected chi connectivity index (χ3v) is 13.3. The van der Waals surface area contributed by atoms with Crippen molar-refractivity contribution >= 4 is 81.1 Å². The second-order valence-electron chi connectivity index (χ2n) is 15.6. The second kappa shape index (κ2) is 14.5. The zero-order valence-corrected chi connectivity index (χ0v) is 33.9. The van der Waals surface area contributed by atoms with Crippen LogP contribution in [0.3, 0.4) is 0 Å². The number of thiophene rings is 1. The van der Waals surface area contributed by atoms with Crippen LogP contribution in [0.15, 0.2) is 229 Å². The van der Waals surface area contributed by atoms with Gasteiger partial charge in [-0.1, -0.05) is 182 Å². The molecule has 0 fully saturated rings. The average molecular weight is 796 g/mol. The fourth-order valence-electron chi connectivity index (χ4n) is 9.20. The molecule has 286 valence electrons. The molecule has 12 rings (SSSR count). The molecule has 0 unspecified atom stereocenters. The van der Waals surface area contributed by atoms with Crippen molar-refractivity contribution in [2.24, 2.45) is 0 Å². The fourth-order valence-corrected chi connectivity index (χ4v) is 10.4. The maximum absolute atomic E-state index is 6.95. The van der Waals surface area contributed by atoms with Crippen LogP contribution in [0.5, 0.6) is 0 Å². The van der Waals surface area contributed by atoms with Crippen molar-refractivity contribution in [3.05, 3.63) is 224 Å². The van der Waals surface area contributed by atoms with Gasteiger partial charge >= 0.3 is 0 Å². The molecular weight excluding hydrogens is 759 g/mol. The summed E-state index contributed by atoms with van der Waals surface area (Å²) in [6.07, 6.45) is 0. The van der Waals surface area contributed by atoms with Gasteiger partial charge in [0.15, 0.2) is 0 Å². The fraction of sp³-hybridized carbons (Fsp3) is 0. The lowest BCUT2D eigenvalue weighted by Gasteiger charge is -2.26. The summed E-state index contributed by atoms with van der Waals surface area (Å²) in [6, 6.07) is 80.9. The van der Waals surface area contributed by atoms with E-state index in [9.17, 15) is 0 Å². The molecule has 61 heavy (non-hydrogen) atoms. The highest BCUT2D eigenvalue weighted by Gasteiger charge is 2.23. The lowest BCUT2D eigenvalue weighted by atomic mass is 9.91. The van der Waals surface area contributed by atoms with E-state index in [2.05, 4.69) is 229 Å². The Hall–Kier alpha value is -7.72. The van der Waals surface area contributed by atoms with Gasteiger partial charge in [0.1, 0.15) is 11.3 Å². The highest BCUT2D eigenvalue weighted by molar-refractivity contribution is 7.26. The molecule has 0 atom stereocenters. The maximum Gasteiger partial charge on any atom is 0.143 e. The third-order valence-electron chi connectivity index (χ3n) is 12.1. The van der Waals surface area contributed by atoms with Crippen molar-refractivity contribution in [2.75, 3.05) is 4.90 Å². The summed E-state index contributed by atoms with van der Waals surface area (Å²) in [6.45, 7) is 0. The van der Waals surface area contributed by atoms with Crippen LogP contribution in [0.2, 0.25) is 0 Å². The predicted molar refractivity (Wildman–Crippen MR) is 261 cm³/mol. The molecule has 0 amide bonds. The molecule has 0 spiro atoms. The third kappa shape index (κ3) is 5.93. The molecule has 2 nitrogen and oxygen atoms in total. The number of benzene rings is 10. The molecule has 12 aromatic rings. The first kappa shape index (κ1) is 35.2. The van der Waals surface area contributed by atoms with Crippen LogP contribution in [0, 0.1) is 0 Å². The lowest BCUT2D eigenvalue weighted by molar-refractivity contribution is 0.636. The minimum absolute atomic E-state index is 0.893. The monoisotopic (exact) mass is 795 g/mol. The van der Waals surface area contributed by atoms with E-state index in [-0.39, 0.29) is 0 Å². The molecule has 3 heteroatoms.